The summed E-state index contributed by atoms with van der Waals surface area (Å²) in [7, 11) is -3.74. The van der Waals surface area contributed by atoms with Gasteiger partial charge in [-0.25, -0.2) is 4.39 Å². The summed E-state index contributed by atoms with van der Waals surface area (Å²) in [4.78, 5) is 54.1. The maximum Gasteiger partial charge on any atom is 0.357 e. The Kier molecular flexibility index (Phi) is 14.6. The standard InChI is InChI=1S/C54H77FN3O8P/c1-11-64-67(63,65-12-2)47(37-15-13-16-38(55)32-37)58-39-19-17-36(18-20-39)31-45(61)56-29-14-30-57-48(62)51(7)26-25-50(6)27-28-53(9)40(41(50)34-51)33-42(60)46-52(8)23-22-44(66-35(3)59)49(4,5)43(52)21-24-54(46,53)10/h13,15-20,32-33,41,43-44,46-47,58H,11-12,14,21-31,34H2,1-10H3,(H,56,61)(H,57,62)/t41-,43-,44-,46+,47?,50+,51-,52-,53+,54+/m0/s1. The molecular weight excluding hydrogens is 869 g/mol. The van der Waals surface area contributed by atoms with Gasteiger partial charge in [0.2, 0.25) is 11.8 Å². The molecule has 0 aliphatic heterocycles. The maximum atomic E-state index is 14.9. The van der Waals surface area contributed by atoms with Crippen LogP contribution in [0.1, 0.15) is 150 Å². The molecule has 1 unspecified atom stereocenters. The summed E-state index contributed by atoms with van der Waals surface area (Å²) in [5.41, 5.74) is 1.68. The quantitative estimate of drug-likeness (QED) is 0.0849. The summed E-state index contributed by atoms with van der Waals surface area (Å²) < 4.78 is 45.2. The molecule has 7 rings (SSSR count). The van der Waals surface area contributed by atoms with Crippen molar-refractivity contribution in [2.75, 3.05) is 31.6 Å². The molecule has 11 nitrogen and oxygen atoms in total. The Hall–Kier alpha value is -3.86. The first-order valence-corrected chi connectivity index (χ1v) is 26.6. The Labute approximate surface area is 398 Å². The SMILES string of the molecule is CCOP(=O)(OCC)C(Nc1ccc(CC(=O)NCCCNC(=O)[C@@]2(C)CC[C@]3(C)CC[C@]4(C)C(=CC(=O)[C@@H]5[C@@]6(C)CC[C@H](OC(C)=O)C(C)(C)[C@@H]6CC[C@]54C)[C@@H]3C2)cc1)c1cccc(F)c1. The Bertz CT molecular complexity index is 2270. The van der Waals surface area contributed by atoms with E-state index >= 15 is 0 Å². The Balaban J connectivity index is 0.941. The molecule has 2 aromatic rings. The minimum Gasteiger partial charge on any atom is -0.462 e. The van der Waals surface area contributed by atoms with Gasteiger partial charge in [-0.1, -0.05) is 78.3 Å². The van der Waals surface area contributed by atoms with Crippen LogP contribution in [0, 0.1) is 56.1 Å². The van der Waals surface area contributed by atoms with E-state index in [-0.39, 0.29) is 94.1 Å². The van der Waals surface area contributed by atoms with Crippen molar-refractivity contribution in [3.8, 4) is 0 Å². The second-order valence-electron chi connectivity index (χ2n) is 22.5. The number of rotatable bonds is 16. The third kappa shape index (κ3) is 9.46. The van der Waals surface area contributed by atoms with Crippen LogP contribution < -0.4 is 16.0 Å². The molecule has 67 heavy (non-hydrogen) atoms. The van der Waals surface area contributed by atoms with E-state index in [9.17, 15) is 28.1 Å². The fraction of sp³-hybridized carbons (Fsp3) is 0.667. The number of amides is 2. The van der Waals surface area contributed by atoms with E-state index in [0.29, 0.717) is 37.2 Å². The second kappa shape index (κ2) is 19.1. The fourth-order valence-corrected chi connectivity index (χ4v) is 16.1. The smallest absolute Gasteiger partial charge is 0.357 e. The molecule has 4 fully saturated rings. The highest BCUT2D eigenvalue weighted by atomic mass is 31.2. The molecule has 0 heterocycles. The third-order valence-electron chi connectivity index (χ3n) is 18.1. The number of hydrogen-bond donors (Lipinski definition) is 3. The van der Waals surface area contributed by atoms with Crippen molar-refractivity contribution in [3.63, 3.8) is 0 Å². The van der Waals surface area contributed by atoms with E-state index in [1.54, 1.807) is 38.1 Å². The van der Waals surface area contributed by atoms with E-state index in [0.717, 1.165) is 56.9 Å². The molecule has 2 amide bonds. The largest absolute Gasteiger partial charge is 0.462 e. The van der Waals surface area contributed by atoms with Crippen molar-refractivity contribution in [1.82, 2.24) is 10.6 Å². The van der Waals surface area contributed by atoms with Crippen LogP contribution in [0.3, 0.4) is 0 Å². The van der Waals surface area contributed by atoms with Crippen LogP contribution in [-0.2, 0) is 43.9 Å². The zero-order valence-electron chi connectivity index (χ0n) is 41.8. The number of fused-ring (bicyclic) bond motifs is 7. The zero-order chi connectivity index (χ0) is 48.8. The topological polar surface area (TPSA) is 149 Å². The van der Waals surface area contributed by atoms with Gasteiger partial charge in [0.1, 0.15) is 11.9 Å². The molecule has 0 bridgehead atoms. The molecule has 5 aliphatic carbocycles. The molecule has 0 radical (unpaired) electrons. The van der Waals surface area contributed by atoms with E-state index in [4.69, 9.17) is 13.8 Å². The second-order valence-corrected chi connectivity index (χ2v) is 24.6. The summed E-state index contributed by atoms with van der Waals surface area (Å²) >= 11 is 0. The van der Waals surface area contributed by atoms with Crippen LogP contribution in [0.25, 0.3) is 0 Å². The normalized spacial score (nSPS) is 33.7. The maximum absolute atomic E-state index is 14.9. The number of halogens is 1. The number of hydrogen-bond acceptors (Lipinski definition) is 9. The molecule has 3 N–H and O–H groups in total. The number of benzene rings is 2. The van der Waals surface area contributed by atoms with Crippen LogP contribution in [0.5, 0.6) is 0 Å². The molecule has 0 aromatic heterocycles. The van der Waals surface area contributed by atoms with Gasteiger partial charge in [-0.15, -0.1) is 0 Å². The summed E-state index contributed by atoms with van der Waals surface area (Å²) in [5, 5.41) is 9.42. The van der Waals surface area contributed by atoms with E-state index in [1.807, 2.05) is 12.1 Å². The van der Waals surface area contributed by atoms with Crippen molar-refractivity contribution < 1.29 is 41.9 Å². The molecular formula is C54H77FN3O8P. The van der Waals surface area contributed by atoms with Gasteiger partial charge in [-0.05, 0) is 153 Å². The van der Waals surface area contributed by atoms with E-state index < -0.39 is 24.6 Å². The summed E-state index contributed by atoms with van der Waals surface area (Å²) in [6, 6.07) is 13.0. The number of ether oxygens (including phenoxy) is 1. The molecule has 5 aliphatic rings. The number of anilines is 1. The molecule has 4 saturated carbocycles. The fourth-order valence-electron chi connectivity index (χ4n) is 14.2. The monoisotopic (exact) mass is 946 g/mol. The number of allylic oxidation sites excluding steroid dienone is 2. The minimum absolute atomic E-state index is 0.0173. The zero-order valence-corrected chi connectivity index (χ0v) is 42.7. The van der Waals surface area contributed by atoms with Crippen molar-refractivity contribution in [2.24, 2.45) is 50.2 Å². The highest BCUT2D eigenvalue weighted by Crippen LogP contribution is 2.75. The number of carbonyl (C=O) groups excluding carboxylic acids is 4. The molecule has 0 saturated heterocycles. The summed E-state index contributed by atoms with van der Waals surface area (Å²) in [5.74, 6) is -1.24. The lowest BCUT2D eigenvalue weighted by Gasteiger charge is -2.70. The van der Waals surface area contributed by atoms with Crippen molar-refractivity contribution in [1.29, 1.82) is 0 Å². The minimum atomic E-state index is -3.74. The highest BCUT2D eigenvalue weighted by molar-refractivity contribution is 7.54. The number of carbonyl (C=O) groups is 4. The molecule has 0 spiro atoms. The van der Waals surface area contributed by atoms with Gasteiger partial charge < -0.3 is 29.7 Å². The van der Waals surface area contributed by atoms with Gasteiger partial charge in [0.15, 0.2) is 11.6 Å². The summed E-state index contributed by atoms with van der Waals surface area (Å²) in [6.45, 7) is 22.2. The lowest BCUT2D eigenvalue weighted by molar-refractivity contribution is -0.210. The first-order chi connectivity index (χ1) is 31.5. The van der Waals surface area contributed by atoms with Crippen molar-refractivity contribution in [3.05, 3.63) is 77.1 Å². The Morgan fingerprint density at radius 2 is 1.52 bits per heavy atom. The van der Waals surface area contributed by atoms with Crippen LogP contribution in [0.4, 0.5) is 10.1 Å². The predicted octanol–water partition coefficient (Wildman–Crippen LogP) is 11.3. The van der Waals surface area contributed by atoms with Gasteiger partial charge in [-0.3, -0.25) is 23.7 Å². The number of nitrogens with one attached hydrogen (secondary N) is 3. The highest BCUT2D eigenvalue weighted by Gasteiger charge is 2.70. The van der Waals surface area contributed by atoms with Crippen molar-refractivity contribution >= 4 is 36.9 Å². The number of esters is 1. The molecule has 13 heteroatoms. The van der Waals surface area contributed by atoms with E-state index in [2.05, 4.69) is 70.5 Å². The van der Waals surface area contributed by atoms with Crippen molar-refractivity contribution in [2.45, 2.75) is 152 Å². The van der Waals surface area contributed by atoms with Gasteiger partial charge in [0, 0.05) is 42.4 Å². The van der Waals surface area contributed by atoms with Gasteiger partial charge in [0.25, 0.3) is 0 Å². The van der Waals surface area contributed by atoms with Crippen LogP contribution in [-0.4, -0.2) is 56.0 Å². The summed E-state index contributed by atoms with van der Waals surface area (Å²) in [6.07, 6.45) is 10.7. The Morgan fingerprint density at radius 1 is 0.851 bits per heavy atom. The van der Waals surface area contributed by atoms with Gasteiger partial charge in [0.05, 0.1) is 19.6 Å². The molecule has 368 valence electrons. The lowest BCUT2D eigenvalue weighted by Crippen LogP contribution is -2.66. The van der Waals surface area contributed by atoms with Crippen LogP contribution in [0.15, 0.2) is 60.2 Å². The van der Waals surface area contributed by atoms with Gasteiger partial charge in [-0.2, -0.15) is 0 Å². The predicted molar refractivity (Wildman–Crippen MR) is 259 cm³/mol. The van der Waals surface area contributed by atoms with Crippen LogP contribution >= 0.6 is 7.60 Å². The number of ketones is 1. The average molecular weight is 946 g/mol. The molecule has 2 aromatic carbocycles. The third-order valence-corrected chi connectivity index (χ3v) is 20.3. The Morgan fingerprint density at radius 3 is 2.18 bits per heavy atom. The lowest BCUT2D eigenvalue weighted by atomic mass is 9.33. The average Bonchev–Trinajstić information content (AvgIpc) is 3.25. The van der Waals surface area contributed by atoms with Gasteiger partial charge >= 0.3 is 13.6 Å². The first kappa shape index (κ1) is 51.0. The molecule has 10 atom stereocenters. The van der Waals surface area contributed by atoms with E-state index in [1.165, 1.54) is 24.6 Å². The van der Waals surface area contributed by atoms with Crippen LogP contribution in [0.2, 0.25) is 0 Å². The first-order valence-electron chi connectivity index (χ1n) is 25.0.